The highest BCUT2D eigenvalue weighted by Gasteiger charge is 2.54. The minimum atomic E-state index is -0.440. The predicted octanol–water partition coefficient (Wildman–Crippen LogP) is 3.06. The molecule has 0 radical (unpaired) electrons. The summed E-state index contributed by atoms with van der Waals surface area (Å²) in [6.45, 7) is 0. The molecule has 8 aliphatic rings. The van der Waals surface area contributed by atoms with Gasteiger partial charge >= 0.3 is 0 Å². The van der Waals surface area contributed by atoms with Gasteiger partial charge in [-0.2, -0.15) is 0 Å². The number of ketones is 2. The molecule has 6 saturated carbocycles. The topological polar surface area (TPSA) is 54.4 Å². The van der Waals surface area contributed by atoms with E-state index in [0.29, 0.717) is 29.3 Å². The van der Waals surface area contributed by atoms with E-state index in [1.54, 1.807) is 5.57 Å². The third-order valence-corrected chi connectivity index (χ3v) is 7.43. The summed E-state index contributed by atoms with van der Waals surface area (Å²) in [6, 6.07) is 0. The van der Waals surface area contributed by atoms with Crippen molar-refractivity contribution < 1.29 is 14.7 Å². The lowest BCUT2D eigenvalue weighted by atomic mass is 9.54. The number of carbonyl (C=O) groups is 2. The Labute approximate surface area is 137 Å². The van der Waals surface area contributed by atoms with Crippen LogP contribution in [-0.4, -0.2) is 22.3 Å². The van der Waals surface area contributed by atoms with E-state index in [0.717, 1.165) is 44.4 Å². The number of Topliss-reactive ketones (excluding diaryl/α,β-unsaturated/α-hetero) is 2. The van der Waals surface area contributed by atoms with Crippen LogP contribution in [0.4, 0.5) is 0 Å². The minimum Gasteiger partial charge on any atom is -0.390 e. The van der Waals surface area contributed by atoms with Gasteiger partial charge < -0.3 is 5.11 Å². The Hall–Kier alpha value is -0.960. The Kier molecular flexibility index (Phi) is 2.99. The van der Waals surface area contributed by atoms with E-state index in [4.69, 9.17) is 0 Å². The quantitative estimate of drug-likeness (QED) is 0.699. The number of hydrogen-bond acceptors (Lipinski definition) is 3. The Morgan fingerprint density at radius 1 is 0.826 bits per heavy atom. The van der Waals surface area contributed by atoms with Gasteiger partial charge in [0.25, 0.3) is 0 Å². The monoisotopic (exact) mass is 314 g/mol. The van der Waals surface area contributed by atoms with Crippen molar-refractivity contribution in [2.45, 2.75) is 63.4 Å². The van der Waals surface area contributed by atoms with E-state index in [1.165, 1.54) is 19.3 Å². The number of hydrogen-bond donors (Lipinski definition) is 1. The molecule has 0 heterocycles. The summed E-state index contributed by atoms with van der Waals surface area (Å²) in [5.74, 6) is 3.76. The van der Waals surface area contributed by atoms with Gasteiger partial charge in [-0.1, -0.05) is 11.6 Å². The van der Waals surface area contributed by atoms with Crippen LogP contribution >= 0.6 is 0 Å². The molecule has 3 heteroatoms. The molecule has 0 aliphatic heterocycles. The van der Waals surface area contributed by atoms with E-state index < -0.39 is 5.60 Å². The number of rotatable bonds is 0. The molecule has 0 aromatic heterocycles. The second-order valence-electron chi connectivity index (χ2n) is 9.25. The van der Waals surface area contributed by atoms with Crippen LogP contribution in [0.2, 0.25) is 0 Å². The fourth-order valence-corrected chi connectivity index (χ4v) is 6.79. The van der Waals surface area contributed by atoms with Crippen molar-refractivity contribution in [1.82, 2.24) is 0 Å². The van der Waals surface area contributed by atoms with Crippen molar-refractivity contribution in [2.24, 2.45) is 35.5 Å². The van der Waals surface area contributed by atoms with Crippen LogP contribution in [0.15, 0.2) is 11.6 Å². The van der Waals surface area contributed by atoms with Gasteiger partial charge in [0, 0.05) is 23.7 Å². The van der Waals surface area contributed by atoms with E-state index in [-0.39, 0.29) is 11.8 Å². The fourth-order valence-electron chi connectivity index (χ4n) is 6.79. The molecule has 0 saturated heterocycles. The minimum absolute atomic E-state index is 0.223. The summed E-state index contributed by atoms with van der Waals surface area (Å²) in [5, 5.41) is 10.1. The zero-order valence-electron chi connectivity index (χ0n) is 13.7. The molecule has 8 rings (SSSR count). The second kappa shape index (κ2) is 4.78. The summed E-state index contributed by atoms with van der Waals surface area (Å²) in [7, 11) is 0. The van der Waals surface area contributed by atoms with E-state index in [1.807, 2.05) is 0 Å². The van der Waals surface area contributed by atoms with Gasteiger partial charge in [-0.05, 0) is 69.6 Å². The van der Waals surface area contributed by atoms with Gasteiger partial charge in [0.2, 0.25) is 0 Å². The van der Waals surface area contributed by atoms with Crippen LogP contribution < -0.4 is 0 Å². The number of allylic oxidation sites excluding steroid dienone is 2. The third kappa shape index (κ3) is 2.26. The average Bonchev–Trinajstić information content (AvgIpc) is 2.48. The molecule has 8 aliphatic carbocycles. The lowest BCUT2D eigenvalue weighted by Crippen LogP contribution is -2.54. The fraction of sp³-hybridized carbons (Fsp3) is 0.800. The molecule has 1 N–H and O–H groups in total. The lowest BCUT2D eigenvalue weighted by molar-refractivity contribution is -0.161. The zero-order chi connectivity index (χ0) is 15.8. The highest BCUT2D eigenvalue weighted by atomic mass is 16.3. The molecule has 8 bridgehead atoms. The van der Waals surface area contributed by atoms with Crippen molar-refractivity contribution in [3.63, 3.8) is 0 Å². The zero-order valence-corrected chi connectivity index (χ0v) is 13.7. The summed E-state index contributed by atoms with van der Waals surface area (Å²) in [6.07, 6.45) is 11.6. The molecular weight excluding hydrogens is 288 g/mol. The summed E-state index contributed by atoms with van der Waals surface area (Å²) >= 11 is 0. The maximum atomic E-state index is 11.6. The van der Waals surface area contributed by atoms with Crippen LogP contribution in [0.1, 0.15) is 57.8 Å². The molecule has 3 nitrogen and oxygen atoms in total. The maximum absolute atomic E-state index is 11.6. The van der Waals surface area contributed by atoms with Crippen LogP contribution in [-0.2, 0) is 9.59 Å². The van der Waals surface area contributed by atoms with Gasteiger partial charge in [-0.25, -0.2) is 0 Å². The second-order valence-corrected chi connectivity index (χ2v) is 9.25. The van der Waals surface area contributed by atoms with Crippen LogP contribution in [0, 0.1) is 35.5 Å². The summed E-state index contributed by atoms with van der Waals surface area (Å²) < 4.78 is 0. The van der Waals surface area contributed by atoms with Crippen LogP contribution in [0.3, 0.4) is 0 Å². The van der Waals surface area contributed by atoms with Gasteiger partial charge in [0.15, 0.2) is 0 Å². The molecule has 5 unspecified atom stereocenters. The van der Waals surface area contributed by atoms with Crippen LogP contribution in [0.25, 0.3) is 0 Å². The van der Waals surface area contributed by atoms with Gasteiger partial charge in [-0.3, -0.25) is 9.59 Å². The summed E-state index contributed by atoms with van der Waals surface area (Å²) in [4.78, 5) is 23.1. The number of aliphatic hydroxyl groups is 1. The SMILES string of the molecule is O=C1C2C=C3CC(C2)CC1C3.O=C1C2CC3CC1CC(O)(C3)C2. The smallest absolute Gasteiger partial charge is 0.143 e. The maximum Gasteiger partial charge on any atom is 0.143 e. The van der Waals surface area contributed by atoms with E-state index in [2.05, 4.69) is 6.08 Å². The van der Waals surface area contributed by atoms with Gasteiger partial charge in [0.05, 0.1) is 5.60 Å². The Balaban J connectivity index is 0.000000106. The first-order valence-electron chi connectivity index (χ1n) is 9.48. The van der Waals surface area contributed by atoms with Crippen LogP contribution in [0.5, 0.6) is 0 Å². The van der Waals surface area contributed by atoms with E-state index >= 15 is 0 Å². The van der Waals surface area contributed by atoms with Gasteiger partial charge in [0.1, 0.15) is 11.6 Å². The standard InChI is InChI=1S/C10H14O2.C10H12O/c11-9-7-1-6-2-8(9)5-10(12,3-6)4-7;11-10-8-2-6-1-7(4-8)5-9(10)3-6/h6-8,12H,1-5H2;2,7-9H,1,3-5H2. The Bertz CT molecular complexity index is 586. The van der Waals surface area contributed by atoms with Crippen molar-refractivity contribution in [3.05, 3.63) is 11.6 Å². The first-order chi connectivity index (χ1) is 11.0. The Morgan fingerprint density at radius 3 is 2.13 bits per heavy atom. The average molecular weight is 314 g/mol. The normalized spacial score (nSPS) is 51.6. The van der Waals surface area contributed by atoms with Crippen molar-refractivity contribution >= 4 is 11.6 Å². The molecule has 6 fully saturated rings. The summed E-state index contributed by atoms with van der Waals surface area (Å²) in [5.41, 5.74) is 1.15. The largest absolute Gasteiger partial charge is 0.390 e. The molecule has 5 atom stereocenters. The molecule has 23 heavy (non-hydrogen) atoms. The highest BCUT2D eigenvalue weighted by molar-refractivity contribution is 5.88. The molecule has 0 aromatic carbocycles. The number of carbonyl (C=O) groups excluding carboxylic acids is 2. The molecule has 0 aromatic rings. The third-order valence-electron chi connectivity index (χ3n) is 7.43. The Morgan fingerprint density at radius 2 is 1.52 bits per heavy atom. The lowest BCUT2D eigenvalue weighted by Gasteiger charge is -2.53. The van der Waals surface area contributed by atoms with E-state index in [9.17, 15) is 14.7 Å². The van der Waals surface area contributed by atoms with Crippen molar-refractivity contribution in [2.75, 3.05) is 0 Å². The molecule has 0 spiro atoms. The highest BCUT2D eigenvalue weighted by Crippen LogP contribution is 2.53. The molecule has 0 amide bonds. The molecular formula is C20H26O3. The predicted molar refractivity (Wildman–Crippen MR) is 85.5 cm³/mol. The molecule has 124 valence electrons. The van der Waals surface area contributed by atoms with Gasteiger partial charge in [-0.15, -0.1) is 0 Å². The van der Waals surface area contributed by atoms with Crippen molar-refractivity contribution in [1.29, 1.82) is 0 Å². The first-order valence-corrected chi connectivity index (χ1v) is 9.48. The first kappa shape index (κ1) is 14.4. The van der Waals surface area contributed by atoms with Crippen molar-refractivity contribution in [3.8, 4) is 0 Å².